The summed E-state index contributed by atoms with van der Waals surface area (Å²) >= 11 is 0. The van der Waals surface area contributed by atoms with Crippen LogP contribution in [0.1, 0.15) is 32.5 Å². The molecule has 7 heteroatoms. The lowest BCUT2D eigenvalue weighted by atomic mass is 10.0. The van der Waals surface area contributed by atoms with Crippen molar-refractivity contribution in [3.8, 4) is 22.9 Å². The molecule has 0 spiro atoms. The number of carbonyl (C=O) groups is 1. The van der Waals surface area contributed by atoms with Crippen molar-refractivity contribution in [3.05, 3.63) is 24.0 Å². The molecular formula is C19H25N3O4. The van der Waals surface area contributed by atoms with Gasteiger partial charge >= 0.3 is 5.97 Å². The van der Waals surface area contributed by atoms with E-state index in [1.165, 1.54) is 7.11 Å². The van der Waals surface area contributed by atoms with Crippen LogP contribution in [0.5, 0.6) is 11.5 Å². The Morgan fingerprint density at radius 3 is 2.69 bits per heavy atom. The highest BCUT2D eigenvalue weighted by molar-refractivity contribution is 5.72. The maximum atomic E-state index is 11.9. The Labute approximate surface area is 153 Å². The Morgan fingerprint density at radius 2 is 2.00 bits per heavy atom. The van der Waals surface area contributed by atoms with E-state index in [0.717, 1.165) is 30.1 Å². The van der Waals surface area contributed by atoms with Crippen molar-refractivity contribution in [2.75, 3.05) is 14.2 Å². The number of fused-ring (bicyclic) bond motifs is 1. The Hall–Kier alpha value is -2.57. The molecule has 1 aromatic heterocycles. The van der Waals surface area contributed by atoms with Gasteiger partial charge in [0.2, 0.25) is 0 Å². The molecule has 1 aromatic carbocycles. The van der Waals surface area contributed by atoms with Crippen LogP contribution in [0.2, 0.25) is 0 Å². The fourth-order valence-corrected chi connectivity index (χ4v) is 3.26. The number of esters is 1. The SMILES string of the molecule is COC(=O)C1CCc2nnc(-c3ccc(OC(C)C)c(OC)c3)n2CC1. The zero-order chi connectivity index (χ0) is 18.7. The van der Waals surface area contributed by atoms with Crippen molar-refractivity contribution in [1.82, 2.24) is 14.8 Å². The summed E-state index contributed by atoms with van der Waals surface area (Å²) < 4.78 is 18.2. The van der Waals surface area contributed by atoms with Crippen molar-refractivity contribution in [2.24, 2.45) is 5.92 Å². The molecule has 2 heterocycles. The summed E-state index contributed by atoms with van der Waals surface area (Å²) in [4.78, 5) is 11.9. The molecular weight excluding hydrogens is 334 g/mol. The summed E-state index contributed by atoms with van der Waals surface area (Å²) in [5.74, 6) is 2.79. The third kappa shape index (κ3) is 3.66. The highest BCUT2D eigenvalue weighted by Crippen LogP contribution is 2.33. The van der Waals surface area contributed by atoms with Crippen LogP contribution >= 0.6 is 0 Å². The van der Waals surface area contributed by atoms with E-state index in [9.17, 15) is 4.79 Å². The van der Waals surface area contributed by atoms with E-state index < -0.39 is 0 Å². The molecule has 3 rings (SSSR count). The predicted molar refractivity (Wildman–Crippen MR) is 96.2 cm³/mol. The van der Waals surface area contributed by atoms with Gasteiger partial charge in [0.25, 0.3) is 0 Å². The minimum atomic E-state index is -0.151. The number of rotatable bonds is 5. The third-order valence-electron chi connectivity index (χ3n) is 4.56. The van der Waals surface area contributed by atoms with E-state index in [0.29, 0.717) is 24.5 Å². The summed E-state index contributed by atoms with van der Waals surface area (Å²) in [6.07, 6.45) is 2.22. The first-order valence-electron chi connectivity index (χ1n) is 8.88. The topological polar surface area (TPSA) is 75.5 Å². The molecule has 7 nitrogen and oxygen atoms in total. The van der Waals surface area contributed by atoms with Gasteiger partial charge in [-0.3, -0.25) is 4.79 Å². The molecule has 0 radical (unpaired) electrons. The number of nitrogens with zero attached hydrogens (tertiary/aromatic N) is 3. The van der Waals surface area contributed by atoms with Crippen molar-refractivity contribution in [2.45, 2.75) is 45.8 Å². The molecule has 1 unspecified atom stereocenters. The summed E-state index contributed by atoms with van der Waals surface area (Å²) in [7, 11) is 3.06. The minimum Gasteiger partial charge on any atom is -0.493 e. The van der Waals surface area contributed by atoms with Gasteiger partial charge in [0.15, 0.2) is 17.3 Å². The van der Waals surface area contributed by atoms with Crippen LogP contribution in [0.25, 0.3) is 11.4 Å². The first-order valence-corrected chi connectivity index (χ1v) is 8.88. The summed E-state index contributed by atoms with van der Waals surface area (Å²) in [6.45, 7) is 4.64. The summed E-state index contributed by atoms with van der Waals surface area (Å²) in [6, 6.07) is 5.77. The van der Waals surface area contributed by atoms with Gasteiger partial charge in [-0.05, 0) is 44.9 Å². The van der Waals surface area contributed by atoms with Crippen LogP contribution < -0.4 is 9.47 Å². The van der Waals surface area contributed by atoms with E-state index in [-0.39, 0.29) is 18.0 Å². The van der Waals surface area contributed by atoms with E-state index in [4.69, 9.17) is 14.2 Å². The molecule has 0 amide bonds. The van der Waals surface area contributed by atoms with Crippen LogP contribution in [0.3, 0.4) is 0 Å². The molecule has 0 saturated heterocycles. The Kier molecular flexibility index (Phi) is 5.44. The summed E-state index contributed by atoms with van der Waals surface area (Å²) in [5, 5.41) is 8.69. The summed E-state index contributed by atoms with van der Waals surface area (Å²) in [5.41, 5.74) is 0.910. The van der Waals surface area contributed by atoms with Crippen LogP contribution in [0.15, 0.2) is 18.2 Å². The van der Waals surface area contributed by atoms with Gasteiger partial charge in [-0.15, -0.1) is 10.2 Å². The zero-order valence-corrected chi connectivity index (χ0v) is 15.7. The second-order valence-corrected chi connectivity index (χ2v) is 6.67. The fraction of sp³-hybridized carbons (Fsp3) is 0.526. The van der Waals surface area contributed by atoms with Gasteiger partial charge in [0.1, 0.15) is 5.82 Å². The molecule has 0 saturated carbocycles. The van der Waals surface area contributed by atoms with E-state index in [1.54, 1.807) is 7.11 Å². The third-order valence-corrected chi connectivity index (χ3v) is 4.56. The van der Waals surface area contributed by atoms with Crippen molar-refractivity contribution >= 4 is 5.97 Å². The standard InChI is InChI=1S/C19H25N3O4/c1-12(2)26-15-7-5-14(11-16(15)24-3)18-21-20-17-8-6-13(19(23)25-4)9-10-22(17)18/h5,7,11-13H,6,8-10H2,1-4H3. The molecule has 0 fully saturated rings. The number of methoxy groups -OCH3 is 2. The minimum absolute atomic E-state index is 0.0642. The van der Waals surface area contributed by atoms with Crippen molar-refractivity contribution < 1.29 is 19.0 Å². The van der Waals surface area contributed by atoms with Crippen LogP contribution in [0, 0.1) is 5.92 Å². The van der Waals surface area contributed by atoms with Crippen LogP contribution in [0.4, 0.5) is 0 Å². The molecule has 140 valence electrons. The van der Waals surface area contributed by atoms with Crippen molar-refractivity contribution in [1.29, 1.82) is 0 Å². The number of ether oxygens (including phenoxy) is 3. The first kappa shape index (κ1) is 18.2. The Morgan fingerprint density at radius 1 is 1.19 bits per heavy atom. The molecule has 1 aliphatic rings. The number of aryl methyl sites for hydroxylation is 1. The molecule has 26 heavy (non-hydrogen) atoms. The number of benzene rings is 1. The molecule has 0 bridgehead atoms. The number of hydrogen-bond acceptors (Lipinski definition) is 6. The Balaban J connectivity index is 1.88. The predicted octanol–water partition coefficient (Wildman–Crippen LogP) is 2.87. The monoisotopic (exact) mass is 359 g/mol. The maximum Gasteiger partial charge on any atom is 0.308 e. The maximum absolute atomic E-state index is 11.9. The number of carbonyl (C=O) groups excluding carboxylic acids is 1. The van der Waals surface area contributed by atoms with Gasteiger partial charge in [0, 0.05) is 18.5 Å². The largest absolute Gasteiger partial charge is 0.493 e. The lowest BCUT2D eigenvalue weighted by Gasteiger charge is -2.15. The quantitative estimate of drug-likeness (QED) is 0.764. The van der Waals surface area contributed by atoms with E-state index in [1.807, 2.05) is 32.0 Å². The van der Waals surface area contributed by atoms with Crippen LogP contribution in [-0.2, 0) is 22.5 Å². The van der Waals surface area contributed by atoms with E-state index in [2.05, 4.69) is 14.8 Å². The lowest BCUT2D eigenvalue weighted by Crippen LogP contribution is -2.16. The Bertz CT molecular complexity index is 785. The molecule has 0 N–H and O–H groups in total. The first-order chi connectivity index (χ1) is 12.5. The van der Waals surface area contributed by atoms with Crippen LogP contribution in [-0.4, -0.2) is 41.1 Å². The van der Waals surface area contributed by atoms with Gasteiger partial charge in [-0.1, -0.05) is 0 Å². The zero-order valence-electron chi connectivity index (χ0n) is 15.7. The van der Waals surface area contributed by atoms with Gasteiger partial charge in [-0.25, -0.2) is 0 Å². The van der Waals surface area contributed by atoms with E-state index >= 15 is 0 Å². The van der Waals surface area contributed by atoms with Gasteiger partial charge < -0.3 is 18.8 Å². The molecule has 1 aliphatic heterocycles. The number of hydrogen-bond donors (Lipinski definition) is 0. The lowest BCUT2D eigenvalue weighted by molar-refractivity contribution is -0.145. The highest BCUT2D eigenvalue weighted by atomic mass is 16.5. The molecule has 1 atom stereocenters. The normalized spacial score (nSPS) is 16.7. The van der Waals surface area contributed by atoms with Gasteiger partial charge in [0.05, 0.1) is 26.2 Å². The fourth-order valence-electron chi connectivity index (χ4n) is 3.26. The smallest absolute Gasteiger partial charge is 0.308 e. The average molecular weight is 359 g/mol. The molecule has 2 aromatic rings. The second kappa shape index (κ2) is 7.76. The average Bonchev–Trinajstić information content (AvgIpc) is 2.92. The van der Waals surface area contributed by atoms with Crippen molar-refractivity contribution in [3.63, 3.8) is 0 Å². The highest BCUT2D eigenvalue weighted by Gasteiger charge is 2.26. The second-order valence-electron chi connectivity index (χ2n) is 6.67. The molecule has 0 aliphatic carbocycles. The van der Waals surface area contributed by atoms with Gasteiger partial charge in [-0.2, -0.15) is 0 Å². The number of aromatic nitrogens is 3.